The Bertz CT molecular complexity index is 1090. The van der Waals surface area contributed by atoms with Gasteiger partial charge in [0.05, 0.1) is 43.4 Å². The number of rotatable bonds is 7. The zero-order valence-electron chi connectivity index (χ0n) is 18.1. The summed E-state index contributed by atoms with van der Waals surface area (Å²) in [5.74, 6) is 0.804. The van der Waals surface area contributed by atoms with Gasteiger partial charge in [-0.05, 0) is 12.8 Å². The molecule has 5 heterocycles. The summed E-state index contributed by atoms with van der Waals surface area (Å²) >= 11 is 6.32. The van der Waals surface area contributed by atoms with Crippen molar-refractivity contribution in [2.24, 2.45) is 7.05 Å². The van der Waals surface area contributed by atoms with Crippen molar-refractivity contribution in [3.05, 3.63) is 23.6 Å². The first-order chi connectivity index (χ1) is 15.9. The molecule has 180 valence electrons. The second kappa shape index (κ2) is 9.31. The van der Waals surface area contributed by atoms with Crippen LogP contribution in [-0.2, 0) is 26.7 Å². The predicted molar refractivity (Wildman–Crippen MR) is 122 cm³/mol. The molecule has 2 aromatic rings. The van der Waals surface area contributed by atoms with Gasteiger partial charge in [-0.3, -0.25) is 4.68 Å². The molecule has 0 bridgehead atoms. The van der Waals surface area contributed by atoms with Crippen molar-refractivity contribution in [1.82, 2.24) is 28.8 Å². The van der Waals surface area contributed by atoms with Crippen LogP contribution in [0.4, 0.5) is 17.5 Å². The van der Waals surface area contributed by atoms with Gasteiger partial charge >= 0.3 is 0 Å². The summed E-state index contributed by atoms with van der Waals surface area (Å²) in [6, 6.07) is -0.685. The summed E-state index contributed by atoms with van der Waals surface area (Å²) in [5.41, 5.74) is 0.748. The number of piperidine rings is 1. The van der Waals surface area contributed by atoms with Crippen LogP contribution in [0.2, 0.25) is 5.02 Å². The molecule has 3 aliphatic heterocycles. The third kappa shape index (κ3) is 4.93. The minimum atomic E-state index is -3.58. The SMILES string of the molecule is Cn1cc(Nc2ncc(Cl)c(NC3COC4C(NS(=O)(=O)N5CCCCC5)COC34)n2)cn1. The molecule has 4 atom stereocenters. The Morgan fingerprint density at radius 2 is 1.82 bits per heavy atom. The van der Waals surface area contributed by atoms with Crippen LogP contribution in [-0.4, -0.2) is 83.1 Å². The fourth-order valence-electron chi connectivity index (χ4n) is 4.41. The summed E-state index contributed by atoms with van der Waals surface area (Å²) in [6.45, 7) is 1.67. The molecule has 0 amide bonds. The maximum absolute atomic E-state index is 12.8. The Morgan fingerprint density at radius 1 is 1.09 bits per heavy atom. The Morgan fingerprint density at radius 3 is 2.55 bits per heavy atom. The topological polar surface area (TPSA) is 136 Å². The van der Waals surface area contributed by atoms with E-state index in [1.807, 2.05) is 7.05 Å². The summed E-state index contributed by atoms with van der Waals surface area (Å²) in [4.78, 5) is 8.67. The minimum absolute atomic E-state index is 0.238. The van der Waals surface area contributed by atoms with Gasteiger partial charge in [0.25, 0.3) is 10.2 Å². The van der Waals surface area contributed by atoms with Gasteiger partial charge in [0.1, 0.15) is 17.2 Å². The van der Waals surface area contributed by atoms with Crippen molar-refractivity contribution < 1.29 is 17.9 Å². The number of ether oxygens (including phenoxy) is 2. The van der Waals surface area contributed by atoms with Gasteiger partial charge in [0.15, 0.2) is 5.82 Å². The van der Waals surface area contributed by atoms with E-state index in [0.29, 0.717) is 36.5 Å². The fraction of sp³-hybridized carbons (Fsp3) is 0.632. The van der Waals surface area contributed by atoms with Crippen molar-refractivity contribution in [3.63, 3.8) is 0 Å². The van der Waals surface area contributed by atoms with Crippen LogP contribution >= 0.6 is 11.6 Å². The minimum Gasteiger partial charge on any atom is -0.371 e. The maximum atomic E-state index is 12.8. The van der Waals surface area contributed by atoms with Crippen LogP contribution in [0.5, 0.6) is 0 Å². The number of hydrogen-bond donors (Lipinski definition) is 3. The first-order valence-corrected chi connectivity index (χ1v) is 12.8. The van der Waals surface area contributed by atoms with E-state index in [4.69, 9.17) is 21.1 Å². The van der Waals surface area contributed by atoms with Crippen molar-refractivity contribution in [2.45, 2.75) is 43.6 Å². The molecule has 4 unspecified atom stereocenters. The molecule has 14 heteroatoms. The maximum Gasteiger partial charge on any atom is 0.279 e. The first kappa shape index (κ1) is 22.7. The number of hydrogen-bond acceptors (Lipinski definition) is 9. The molecule has 3 N–H and O–H groups in total. The van der Waals surface area contributed by atoms with Crippen molar-refractivity contribution in [1.29, 1.82) is 0 Å². The van der Waals surface area contributed by atoms with Crippen molar-refractivity contribution in [2.75, 3.05) is 36.9 Å². The number of aromatic nitrogens is 4. The number of anilines is 3. The third-order valence-electron chi connectivity index (χ3n) is 6.04. The van der Waals surface area contributed by atoms with E-state index in [1.165, 1.54) is 10.5 Å². The molecule has 0 saturated carbocycles. The molecule has 0 aliphatic carbocycles. The largest absolute Gasteiger partial charge is 0.371 e. The number of fused-ring (bicyclic) bond motifs is 1. The standard InChI is InChI=1S/C19H27ClN8O4S/c1-27-9-12(7-22-27)23-19-21-8-13(20)18(25-19)24-14-10-31-17-15(11-32-16(14)17)26-33(29,30)28-5-3-2-4-6-28/h7-9,14-17,26H,2-6,10-11H2,1H3,(H2,21,23,24,25). The summed E-state index contributed by atoms with van der Waals surface area (Å²) in [7, 11) is -1.76. The Hall–Kier alpha value is -2.03. The van der Waals surface area contributed by atoms with E-state index >= 15 is 0 Å². The molecule has 33 heavy (non-hydrogen) atoms. The number of halogens is 1. The zero-order chi connectivity index (χ0) is 23.0. The van der Waals surface area contributed by atoms with Gasteiger partial charge in [-0.15, -0.1) is 0 Å². The molecule has 3 fully saturated rings. The van der Waals surface area contributed by atoms with Gasteiger partial charge in [0.2, 0.25) is 5.95 Å². The lowest BCUT2D eigenvalue weighted by Gasteiger charge is -2.28. The summed E-state index contributed by atoms with van der Waals surface area (Å²) in [6.07, 6.45) is 7.08. The highest BCUT2D eigenvalue weighted by molar-refractivity contribution is 7.87. The molecule has 0 radical (unpaired) electrons. The normalized spacial score (nSPS) is 28.1. The lowest BCUT2D eigenvalue weighted by Crippen LogP contribution is -2.51. The summed E-state index contributed by atoms with van der Waals surface area (Å²) < 4.78 is 43.4. The van der Waals surface area contributed by atoms with E-state index in [1.54, 1.807) is 17.1 Å². The molecule has 5 rings (SSSR count). The Labute approximate surface area is 197 Å². The predicted octanol–water partition coefficient (Wildman–Crippen LogP) is 0.874. The van der Waals surface area contributed by atoms with Gasteiger partial charge in [-0.1, -0.05) is 18.0 Å². The molecular formula is C19H27ClN8O4S. The molecule has 0 spiro atoms. The highest BCUT2D eigenvalue weighted by Gasteiger charge is 2.49. The van der Waals surface area contributed by atoms with E-state index in [0.717, 1.165) is 24.9 Å². The molecule has 0 aromatic carbocycles. The van der Waals surface area contributed by atoms with Crippen LogP contribution in [0.1, 0.15) is 19.3 Å². The molecule has 2 aromatic heterocycles. The summed E-state index contributed by atoms with van der Waals surface area (Å²) in [5, 5.41) is 10.8. The highest BCUT2D eigenvalue weighted by Crippen LogP contribution is 2.31. The first-order valence-electron chi connectivity index (χ1n) is 10.9. The second-order valence-electron chi connectivity index (χ2n) is 8.45. The van der Waals surface area contributed by atoms with Crippen molar-refractivity contribution in [3.8, 4) is 0 Å². The quantitative estimate of drug-likeness (QED) is 0.508. The van der Waals surface area contributed by atoms with Crippen LogP contribution < -0.4 is 15.4 Å². The lowest BCUT2D eigenvalue weighted by atomic mass is 10.1. The highest BCUT2D eigenvalue weighted by atomic mass is 35.5. The Kier molecular flexibility index (Phi) is 6.42. The van der Waals surface area contributed by atoms with Crippen LogP contribution in [0, 0.1) is 0 Å². The van der Waals surface area contributed by atoms with Gasteiger partial charge in [-0.2, -0.15) is 27.5 Å². The molecule has 3 aliphatic rings. The molecular weight excluding hydrogens is 472 g/mol. The van der Waals surface area contributed by atoms with Crippen LogP contribution in [0.15, 0.2) is 18.6 Å². The van der Waals surface area contributed by atoms with Crippen molar-refractivity contribution >= 4 is 39.3 Å². The van der Waals surface area contributed by atoms with E-state index in [-0.39, 0.29) is 18.8 Å². The van der Waals surface area contributed by atoms with Crippen LogP contribution in [0.3, 0.4) is 0 Å². The van der Waals surface area contributed by atoms with Gasteiger partial charge < -0.3 is 20.1 Å². The monoisotopic (exact) mass is 498 g/mol. The lowest BCUT2D eigenvalue weighted by molar-refractivity contribution is 0.0689. The third-order valence-corrected chi connectivity index (χ3v) is 7.96. The van der Waals surface area contributed by atoms with Crippen LogP contribution in [0.25, 0.3) is 0 Å². The fourth-order valence-corrected chi connectivity index (χ4v) is 6.03. The number of nitrogens with one attached hydrogen (secondary N) is 3. The number of nitrogens with zero attached hydrogens (tertiary/aromatic N) is 5. The van der Waals surface area contributed by atoms with Gasteiger partial charge in [-0.25, -0.2) is 4.98 Å². The average molecular weight is 499 g/mol. The van der Waals surface area contributed by atoms with Gasteiger partial charge in [0, 0.05) is 26.3 Å². The zero-order valence-corrected chi connectivity index (χ0v) is 19.7. The van der Waals surface area contributed by atoms with E-state index < -0.39 is 22.4 Å². The number of aryl methyl sites for hydroxylation is 1. The molecule has 12 nitrogen and oxygen atoms in total. The van der Waals surface area contributed by atoms with E-state index in [2.05, 4.69) is 30.4 Å². The second-order valence-corrected chi connectivity index (χ2v) is 10.6. The average Bonchev–Trinajstić information content (AvgIpc) is 3.50. The smallest absolute Gasteiger partial charge is 0.279 e. The Balaban J connectivity index is 1.23. The van der Waals surface area contributed by atoms with E-state index in [9.17, 15) is 8.42 Å². The molecule has 3 saturated heterocycles.